The van der Waals surface area contributed by atoms with Gasteiger partial charge in [-0.25, -0.2) is 18.5 Å². The summed E-state index contributed by atoms with van der Waals surface area (Å²) in [5.41, 5.74) is 2.56. The quantitative estimate of drug-likeness (QED) is 0.587. The number of hydrogen-bond donors (Lipinski definition) is 2. The standard InChI is InChI=1S/C22H24N4O2S2/c27-21(18-4-2-1-3-5-18)15-23-22-14-20(24-16-25-22)17-6-8-19(9-7-17)30(28)26-10-12-29-13-11-26/h1-9,14,16,21,27H,10-13,15H2,(H,23,24,25)/t21-,30?/m0/s1. The van der Waals surface area contributed by atoms with Crippen molar-refractivity contribution in [3.63, 3.8) is 0 Å². The van der Waals surface area contributed by atoms with E-state index < -0.39 is 17.1 Å². The minimum absolute atomic E-state index is 0.354. The van der Waals surface area contributed by atoms with E-state index >= 15 is 0 Å². The van der Waals surface area contributed by atoms with Crippen molar-refractivity contribution in [2.75, 3.05) is 36.5 Å². The molecule has 1 fully saturated rings. The number of aliphatic hydroxyl groups excluding tert-OH is 1. The number of anilines is 1. The molecule has 6 nitrogen and oxygen atoms in total. The first kappa shape index (κ1) is 21.0. The number of benzene rings is 2. The second-order valence-corrected chi connectivity index (χ2v) is 9.62. The van der Waals surface area contributed by atoms with Gasteiger partial charge in [0.1, 0.15) is 23.1 Å². The highest BCUT2D eigenvalue weighted by molar-refractivity contribution is 7.99. The second-order valence-electron chi connectivity index (χ2n) is 6.91. The molecule has 2 atom stereocenters. The SMILES string of the molecule is O=S(c1ccc(-c2cc(NC[C@H](O)c3ccccc3)ncn2)cc1)N1CCSCC1. The Hall–Kier alpha value is -2.26. The maximum absolute atomic E-state index is 12.7. The first-order valence-corrected chi connectivity index (χ1v) is 12.1. The van der Waals surface area contributed by atoms with Crippen LogP contribution in [0.1, 0.15) is 11.7 Å². The topological polar surface area (TPSA) is 78.3 Å². The lowest BCUT2D eigenvalue weighted by atomic mass is 10.1. The molecule has 3 aromatic rings. The Morgan fingerprint density at radius 3 is 2.53 bits per heavy atom. The van der Waals surface area contributed by atoms with Crippen molar-refractivity contribution in [2.45, 2.75) is 11.0 Å². The normalized spacial score (nSPS) is 16.7. The molecule has 1 saturated heterocycles. The zero-order valence-electron chi connectivity index (χ0n) is 16.5. The van der Waals surface area contributed by atoms with Crippen molar-refractivity contribution >= 4 is 28.6 Å². The van der Waals surface area contributed by atoms with Crippen molar-refractivity contribution in [3.8, 4) is 11.3 Å². The van der Waals surface area contributed by atoms with Gasteiger partial charge >= 0.3 is 0 Å². The number of aromatic nitrogens is 2. The highest BCUT2D eigenvalue weighted by Gasteiger charge is 2.18. The first-order valence-electron chi connectivity index (χ1n) is 9.84. The van der Waals surface area contributed by atoms with Gasteiger partial charge in [0.15, 0.2) is 0 Å². The third kappa shape index (κ3) is 5.26. The van der Waals surface area contributed by atoms with E-state index in [4.69, 9.17) is 0 Å². The van der Waals surface area contributed by atoms with Crippen LogP contribution in [0.3, 0.4) is 0 Å². The Labute approximate surface area is 183 Å². The Kier molecular flexibility index (Phi) is 7.11. The van der Waals surface area contributed by atoms with Gasteiger partial charge in [-0.15, -0.1) is 0 Å². The average Bonchev–Trinajstić information content (AvgIpc) is 2.83. The zero-order chi connectivity index (χ0) is 20.8. The van der Waals surface area contributed by atoms with Gasteiger partial charge in [-0.05, 0) is 17.7 Å². The van der Waals surface area contributed by atoms with Crippen LogP contribution in [0.2, 0.25) is 0 Å². The first-order chi connectivity index (χ1) is 14.7. The summed E-state index contributed by atoms with van der Waals surface area (Å²) in [6.07, 6.45) is 0.886. The molecule has 0 saturated carbocycles. The smallest absolute Gasteiger partial charge is 0.130 e. The predicted octanol–water partition coefficient (Wildman–Crippen LogP) is 3.36. The van der Waals surface area contributed by atoms with E-state index in [1.807, 2.05) is 76.7 Å². The molecule has 1 aromatic heterocycles. The molecule has 1 aliphatic rings. The molecule has 8 heteroatoms. The van der Waals surface area contributed by atoms with Crippen LogP contribution >= 0.6 is 11.8 Å². The lowest BCUT2D eigenvalue weighted by Gasteiger charge is -2.24. The van der Waals surface area contributed by atoms with Crippen molar-refractivity contribution in [1.82, 2.24) is 14.3 Å². The molecule has 0 spiro atoms. The molecular weight excluding hydrogens is 416 g/mol. The van der Waals surface area contributed by atoms with Crippen LogP contribution in [0.25, 0.3) is 11.3 Å². The number of nitrogens with zero attached hydrogens (tertiary/aromatic N) is 3. The number of aliphatic hydroxyl groups is 1. The van der Waals surface area contributed by atoms with Crippen molar-refractivity contribution in [2.24, 2.45) is 0 Å². The molecule has 30 heavy (non-hydrogen) atoms. The third-order valence-corrected chi connectivity index (χ3v) is 7.34. The van der Waals surface area contributed by atoms with Crippen molar-refractivity contribution in [3.05, 3.63) is 72.6 Å². The third-order valence-electron chi connectivity index (χ3n) is 4.88. The van der Waals surface area contributed by atoms with E-state index in [1.165, 1.54) is 6.33 Å². The molecule has 1 aliphatic heterocycles. The summed E-state index contributed by atoms with van der Waals surface area (Å²) in [4.78, 5) is 9.41. The maximum Gasteiger partial charge on any atom is 0.130 e. The number of thioether (sulfide) groups is 1. The molecule has 0 radical (unpaired) electrons. The van der Waals surface area contributed by atoms with Gasteiger partial charge in [0.25, 0.3) is 0 Å². The highest BCUT2D eigenvalue weighted by atomic mass is 32.2. The number of rotatable bonds is 7. The van der Waals surface area contributed by atoms with E-state index in [0.29, 0.717) is 12.4 Å². The Bertz CT molecular complexity index is 980. The largest absolute Gasteiger partial charge is 0.387 e. The Morgan fingerprint density at radius 1 is 1.07 bits per heavy atom. The van der Waals surface area contributed by atoms with Crippen molar-refractivity contribution < 1.29 is 9.32 Å². The van der Waals surface area contributed by atoms with Gasteiger partial charge in [0.05, 0.1) is 16.7 Å². The zero-order valence-corrected chi connectivity index (χ0v) is 18.1. The summed E-state index contributed by atoms with van der Waals surface area (Å²) in [6, 6.07) is 19.1. The summed E-state index contributed by atoms with van der Waals surface area (Å²) in [5, 5.41) is 13.5. The van der Waals surface area contributed by atoms with E-state index in [9.17, 15) is 9.32 Å². The lowest BCUT2D eigenvalue weighted by molar-refractivity contribution is 0.191. The fourth-order valence-corrected chi connectivity index (χ4v) is 5.53. The second kappa shape index (κ2) is 10.2. The van der Waals surface area contributed by atoms with Crippen LogP contribution in [0.15, 0.2) is 71.9 Å². The maximum atomic E-state index is 12.7. The monoisotopic (exact) mass is 440 g/mol. The van der Waals surface area contributed by atoms with E-state index in [-0.39, 0.29) is 0 Å². The molecule has 1 unspecified atom stereocenters. The van der Waals surface area contributed by atoms with Gasteiger partial charge in [0.2, 0.25) is 0 Å². The summed E-state index contributed by atoms with van der Waals surface area (Å²) >= 11 is 1.90. The fourth-order valence-electron chi connectivity index (χ4n) is 3.21. The number of hydrogen-bond acceptors (Lipinski definition) is 6. The number of nitrogens with one attached hydrogen (secondary N) is 1. The van der Waals surface area contributed by atoms with Crippen LogP contribution in [-0.2, 0) is 11.0 Å². The summed E-state index contributed by atoms with van der Waals surface area (Å²) < 4.78 is 14.8. The molecule has 156 valence electrons. The van der Waals surface area contributed by atoms with Crippen LogP contribution < -0.4 is 5.32 Å². The van der Waals surface area contributed by atoms with E-state index in [0.717, 1.165) is 46.3 Å². The molecule has 0 aliphatic carbocycles. The molecule has 0 bridgehead atoms. The van der Waals surface area contributed by atoms with Gasteiger partial charge in [-0.1, -0.05) is 42.5 Å². The minimum atomic E-state index is -1.12. The van der Waals surface area contributed by atoms with Crippen LogP contribution in [0.4, 0.5) is 5.82 Å². The summed E-state index contributed by atoms with van der Waals surface area (Å²) in [6.45, 7) is 2.07. The molecule has 2 aromatic carbocycles. The Morgan fingerprint density at radius 2 is 1.80 bits per heavy atom. The molecule has 4 rings (SSSR count). The summed E-state index contributed by atoms with van der Waals surface area (Å²) in [7, 11) is -1.12. The highest BCUT2D eigenvalue weighted by Crippen LogP contribution is 2.23. The van der Waals surface area contributed by atoms with Gasteiger partial charge in [-0.2, -0.15) is 11.8 Å². The van der Waals surface area contributed by atoms with Gasteiger partial charge < -0.3 is 10.4 Å². The van der Waals surface area contributed by atoms with E-state index in [1.54, 1.807) is 0 Å². The van der Waals surface area contributed by atoms with Gasteiger partial charge in [-0.3, -0.25) is 0 Å². The molecule has 2 heterocycles. The van der Waals surface area contributed by atoms with Crippen LogP contribution in [0.5, 0.6) is 0 Å². The summed E-state index contributed by atoms with van der Waals surface area (Å²) in [5.74, 6) is 2.70. The predicted molar refractivity (Wildman–Crippen MR) is 123 cm³/mol. The lowest BCUT2D eigenvalue weighted by Crippen LogP contribution is -2.34. The van der Waals surface area contributed by atoms with Crippen LogP contribution in [-0.4, -0.2) is 54.7 Å². The Balaban J connectivity index is 1.41. The molecule has 0 amide bonds. The molecule has 2 N–H and O–H groups in total. The average molecular weight is 441 g/mol. The van der Waals surface area contributed by atoms with Crippen molar-refractivity contribution in [1.29, 1.82) is 0 Å². The minimum Gasteiger partial charge on any atom is -0.387 e. The van der Waals surface area contributed by atoms with Crippen LogP contribution in [0, 0.1) is 0 Å². The van der Waals surface area contributed by atoms with E-state index in [2.05, 4.69) is 15.3 Å². The molecular formula is C22H24N4O2S2. The van der Waals surface area contributed by atoms with Gasteiger partial charge in [0, 0.05) is 42.8 Å². The fraction of sp³-hybridized carbons (Fsp3) is 0.273.